The van der Waals surface area contributed by atoms with Crippen molar-refractivity contribution >= 4 is 0 Å². The molecule has 0 atom stereocenters. The fraction of sp³-hybridized carbons (Fsp3) is 0.250. The van der Waals surface area contributed by atoms with E-state index in [4.69, 9.17) is 5.10 Å². The van der Waals surface area contributed by atoms with Crippen LogP contribution in [0.2, 0.25) is 0 Å². The Balaban J connectivity index is 2.18. The van der Waals surface area contributed by atoms with E-state index in [2.05, 4.69) is 32.0 Å². The topological polar surface area (TPSA) is 38.0 Å². The van der Waals surface area contributed by atoms with E-state index in [0.717, 1.165) is 40.9 Å². The van der Waals surface area contributed by atoms with Crippen LogP contribution in [-0.4, -0.2) is 14.9 Å². The smallest absolute Gasteiger partial charge is 0.218 e. The second kappa shape index (κ2) is 6.29. The lowest BCUT2D eigenvalue weighted by Gasteiger charge is -2.04. The normalized spacial score (nSPS) is 10.9. The van der Waals surface area contributed by atoms with E-state index in [1.54, 1.807) is 4.68 Å². The highest BCUT2D eigenvalue weighted by Crippen LogP contribution is 2.33. The summed E-state index contributed by atoms with van der Waals surface area (Å²) < 4.78 is 1.65. The molecule has 0 aliphatic rings. The molecule has 0 amide bonds. The zero-order valence-corrected chi connectivity index (χ0v) is 13.9. The van der Waals surface area contributed by atoms with Crippen molar-refractivity contribution in [2.75, 3.05) is 0 Å². The van der Waals surface area contributed by atoms with Crippen LogP contribution in [0.1, 0.15) is 30.0 Å². The van der Waals surface area contributed by atoms with Gasteiger partial charge in [0.05, 0.1) is 11.4 Å². The molecule has 2 aromatic carbocycles. The Morgan fingerprint density at radius 3 is 2.35 bits per heavy atom. The summed E-state index contributed by atoms with van der Waals surface area (Å²) in [6.45, 7) is 6.22. The van der Waals surface area contributed by atoms with Crippen molar-refractivity contribution in [1.82, 2.24) is 9.78 Å². The molecule has 0 fully saturated rings. The van der Waals surface area contributed by atoms with Gasteiger partial charge in [-0.15, -0.1) is 0 Å². The second-order valence-corrected chi connectivity index (χ2v) is 6.02. The van der Waals surface area contributed by atoms with Crippen molar-refractivity contribution in [2.45, 2.75) is 33.6 Å². The standard InChI is InChI=1S/C20H22N2O/c1-4-7-18-19(16-10-5-8-14(2)12-16)21-22(20(18)23)17-11-6-9-15(3)13-17/h5-6,8-13,23H,4,7H2,1-3H3. The van der Waals surface area contributed by atoms with Crippen molar-refractivity contribution in [3.8, 4) is 22.8 Å². The molecule has 1 N–H and O–H groups in total. The first-order chi connectivity index (χ1) is 11.1. The monoisotopic (exact) mass is 306 g/mol. The maximum atomic E-state index is 10.7. The molecule has 1 aromatic heterocycles. The summed E-state index contributed by atoms with van der Waals surface area (Å²) in [6, 6.07) is 16.3. The van der Waals surface area contributed by atoms with Crippen LogP contribution < -0.4 is 0 Å². The van der Waals surface area contributed by atoms with E-state index in [0.29, 0.717) is 0 Å². The number of aryl methyl sites for hydroxylation is 2. The Bertz CT molecular complexity index is 833. The number of nitrogens with zero attached hydrogens (tertiary/aromatic N) is 2. The van der Waals surface area contributed by atoms with Gasteiger partial charge in [-0.2, -0.15) is 5.10 Å². The predicted octanol–water partition coefficient (Wildman–Crippen LogP) is 4.81. The summed E-state index contributed by atoms with van der Waals surface area (Å²) in [6.07, 6.45) is 1.77. The first-order valence-electron chi connectivity index (χ1n) is 8.05. The number of aromatic nitrogens is 2. The summed E-state index contributed by atoms with van der Waals surface area (Å²) in [5, 5.41) is 15.4. The third-order valence-corrected chi connectivity index (χ3v) is 3.99. The van der Waals surface area contributed by atoms with Crippen molar-refractivity contribution < 1.29 is 5.11 Å². The summed E-state index contributed by atoms with van der Waals surface area (Å²) in [7, 11) is 0. The molecule has 0 aliphatic carbocycles. The minimum absolute atomic E-state index is 0.244. The first kappa shape index (κ1) is 15.3. The van der Waals surface area contributed by atoms with E-state index in [-0.39, 0.29) is 5.88 Å². The minimum atomic E-state index is 0.244. The van der Waals surface area contributed by atoms with Crippen molar-refractivity contribution in [1.29, 1.82) is 0 Å². The van der Waals surface area contributed by atoms with Gasteiger partial charge in [-0.05, 0) is 44.0 Å². The summed E-state index contributed by atoms with van der Waals surface area (Å²) in [5.41, 5.74) is 6.06. The van der Waals surface area contributed by atoms with Gasteiger partial charge in [-0.3, -0.25) is 0 Å². The Morgan fingerprint density at radius 2 is 1.70 bits per heavy atom. The van der Waals surface area contributed by atoms with Crippen LogP contribution in [0.5, 0.6) is 5.88 Å². The van der Waals surface area contributed by atoms with E-state index in [1.165, 1.54) is 5.56 Å². The van der Waals surface area contributed by atoms with Crippen molar-refractivity contribution in [3.05, 3.63) is 65.2 Å². The molecule has 0 bridgehead atoms. The maximum absolute atomic E-state index is 10.7. The van der Waals surface area contributed by atoms with Gasteiger partial charge in [0, 0.05) is 11.1 Å². The van der Waals surface area contributed by atoms with E-state index in [9.17, 15) is 5.11 Å². The van der Waals surface area contributed by atoms with E-state index >= 15 is 0 Å². The molecule has 0 aliphatic heterocycles. The molecule has 0 saturated carbocycles. The average Bonchev–Trinajstić information content (AvgIpc) is 2.85. The second-order valence-electron chi connectivity index (χ2n) is 6.02. The van der Waals surface area contributed by atoms with Gasteiger partial charge in [0.25, 0.3) is 0 Å². The summed E-state index contributed by atoms with van der Waals surface area (Å²) in [4.78, 5) is 0. The Morgan fingerprint density at radius 1 is 1.00 bits per heavy atom. The number of rotatable bonds is 4. The summed E-state index contributed by atoms with van der Waals surface area (Å²) >= 11 is 0. The quantitative estimate of drug-likeness (QED) is 0.751. The van der Waals surface area contributed by atoms with Gasteiger partial charge in [-0.1, -0.05) is 49.2 Å². The number of benzene rings is 2. The molecule has 0 unspecified atom stereocenters. The molecule has 3 aromatic rings. The first-order valence-corrected chi connectivity index (χ1v) is 8.05. The van der Waals surface area contributed by atoms with Gasteiger partial charge >= 0.3 is 0 Å². The highest BCUT2D eigenvalue weighted by Gasteiger charge is 2.19. The van der Waals surface area contributed by atoms with Crippen LogP contribution in [-0.2, 0) is 6.42 Å². The molecule has 1 heterocycles. The Labute approximate surface area is 137 Å². The van der Waals surface area contributed by atoms with Crippen LogP contribution in [0.15, 0.2) is 48.5 Å². The fourth-order valence-electron chi connectivity index (χ4n) is 2.89. The highest BCUT2D eigenvalue weighted by atomic mass is 16.3. The Kier molecular flexibility index (Phi) is 4.20. The molecular formula is C20H22N2O. The van der Waals surface area contributed by atoms with Gasteiger partial charge in [-0.25, -0.2) is 4.68 Å². The molecule has 3 rings (SSSR count). The number of aromatic hydroxyl groups is 1. The molecule has 118 valence electrons. The number of hydrogen-bond donors (Lipinski definition) is 1. The predicted molar refractivity (Wildman–Crippen MR) is 94.1 cm³/mol. The van der Waals surface area contributed by atoms with Crippen LogP contribution >= 0.6 is 0 Å². The summed E-state index contributed by atoms with van der Waals surface area (Å²) in [5.74, 6) is 0.244. The molecular weight excluding hydrogens is 284 g/mol. The lowest BCUT2D eigenvalue weighted by molar-refractivity contribution is 0.427. The molecule has 0 spiro atoms. The molecule has 3 nitrogen and oxygen atoms in total. The van der Waals surface area contributed by atoms with Crippen molar-refractivity contribution in [3.63, 3.8) is 0 Å². The fourth-order valence-corrected chi connectivity index (χ4v) is 2.89. The van der Waals surface area contributed by atoms with Crippen LogP contribution in [0, 0.1) is 13.8 Å². The average molecular weight is 306 g/mol. The third kappa shape index (κ3) is 3.00. The van der Waals surface area contributed by atoms with E-state index in [1.807, 2.05) is 37.3 Å². The van der Waals surface area contributed by atoms with Gasteiger partial charge in [0.2, 0.25) is 5.88 Å². The molecule has 3 heteroatoms. The van der Waals surface area contributed by atoms with Gasteiger partial charge < -0.3 is 5.11 Å². The molecule has 23 heavy (non-hydrogen) atoms. The zero-order valence-electron chi connectivity index (χ0n) is 13.9. The van der Waals surface area contributed by atoms with Gasteiger partial charge in [0.15, 0.2) is 0 Å². The van der Waals surface area contributed by atoms with Crippen LogP contribution in [0.25, 0.3) is 16.9 Å². The molecule has 0 radical (unpaired) electrons. The SMILES string of the molecule is CCCc1c(-c2cccc(C)c2)nn(-c2cccc(C)c2)c1O. The van der Waals surface area contributed by atoms with E-state index < -0.39 is 0 Å². The largest absolute Gasteiger partial charge is 0.493 e. The minimum Gasteiger partial charge on any atom is -0.493 e. The zero-order chi connectivity index (χ0) is 16.4. The number of hydrogen-bond acceptors (Lipinski definition) is 2. The third-order valence-electron chi connectivity index (χ3n) is 3.99. The van der Waals surface area contributed by atoms with Crippen LogP contribution in [0.3, 0.4) is 0 Å². The van der Waals surface area contributed by atoms with Crippen LogP contribution in [0.4, 0.5) is 0 Å². The van der Waals surface area contributed by atoms with Crippen molar-refractivity contribution in [2.24, 2.45) is 0 Å². The Hall–Kier alpha value is -2.55. The lowest BCUT2D eigenvalue weighted by Crippen LogP contribution is -1.96. The maximum Gasteiger partial charge on any atom is 0.218 e. The molecule has 0 saturated heterocycles. The highest BCUT2D eigenvalue weighted by molar-refractivity contribution is 5.67. The van der Waals surface area contributed by atoms with Gasteiger partial charge in [0.1, 0.15) is 0 Å². The lowest BCUT2D eigenvalue weighted by atomic mass is 10.0.